The number of likely N-dealkylation sites (tertiary alicyclic amines) is 2. The van der Waals surface area contributed by atoms with Crippen LogP contribution in [0.2, 0.25) is 0 Å². The zero-order valence-electron chi connectivity index (χ0n) is 38.0. The highest BCUT2D eigenvalue weighted by Crippen LogP contribution is 2.24. The normalized spacial score (nSPS) is 16.2. The third kappa shape index (κ3) is 24.4. The molecule has 0 radical (unpaired) electrons. The molecule has 0 aromatic rings. The minimum atomic E-state index is 0.367. The molecular formula is C49H98N4O2+2. The van der Waals surface area contributed by atoms with E-state index in [1.54, 1.807) is 0 Å². The van der Waals surface area contributed by atoms with E-state index in [-0.39, 0.29) is 0 Å². The zero-order chi connectivity index (χ0) is 39.7. The topological polar surface area (TPSA) is 40.6 Å². The summed E-state index contributed by atoms with van der Waals surface area (Å²) in [4.78, 5) is 30.6. The second-order valence-electron chi connectivity index (χ2n) is 18.9. The van der Waals surface area contributed by atoms with Gasteiger partial charge in [-0.2, -0.15) is 0 Å². The number of likely N-dealkylation sites (N-methyl/N-ethyl adjacent to an activating group) is 1. The van der Waals surface area contributed by atoms with Gasteiger partial charge in [-0.05, 0) is 51.4 Å². The third-order valence-corrected chi connectivity index (χ3v) is 13.5. The van der Waals surface area contributed by atoms with Gasteiger partial charge in [-0.15, -0.1) is 0 Å². The maximum atomic E-state index is 13.2. The van der Waals surface area contributed by atoms with Gasteiger partial charge in [0.15, 0.2) is 13.3 Å². The number of hydrogen-bond acceptors (Lipinski definition) is 2. The van der Waals surface area contributed by atoms with Gasteiger partial charge in [0.2, 0.25) is 11.8 Å². The number of carbonyl (C=O) groups excluding carboxylic acids is 2. The molecule has 0 bridgehead atoms. The molecule has 2 amide bonds. The molecule has 55 heavy (non-hydrogen) atoms. The molecule has 2 rings (SSSR count). The van der Waals surface area contributed by atoms with Gasteiger partial charge in [-0.3, -0.25) is 19.4 Å². The first kappa shape index (κ1) is 50.0. The number of unbranched alkanes of at least 4 members (excludes halogenated alkanes) is 27. The lowest BCUT2D eigenvalue weighted by molar-refractivity contribution is -0.980. The molecule has 0 N–H and O–H groups in total. The lowest BCUT2D eigenvalue weighted by Crippen LogP contribution is -2.62. The molecule has 6 heteroatoms. The fourth-order valence-corrected chi connectivity index (χ4v) is 9.59. The van der Waals surface area contributed by atoms with Crippen molar-refractivity contribution in [1.82, 2.24) is 9.80 Å². The number of amides is 2. The highest BCUT2D eigenvalue weighted by molar-refractivity contribution is 5.78. The Morgan fingerprint density at radius 1 is 0.382 bits per heavy atom. The SMILES string of the molecule is CCCCCCCCCCCC[N+](C)(CC[N+](CCCCCCCCCCCC)(CCCCCCCCCCCC)CN1CCCC1=O)CN1CCCC1=O. The van der Waals surface area contributed by atoms with E-state index in [1.165, 1.54) is 212 Å². The Labute approximate surface area is 344 Å². The molecule has 1 atom stereocenters. The second-order valence-corrected chi connectivity index (χ2v) is 18.9. The third-order valence-electron chi connectivity index (χ3n) is 13.5. The maximum absolute atomic E-state index is 13.2. The molecule has 2 heterocycles. The Hall–Kier alpha value is -1.14. The van der Waals surface area contributed by atoms with Gasteiger partial charge in [0, 0.05) is 25.9 Å². The molecule has 0 aromatic heterocycles. The van der Waals surface area contributed by atoms with Crippen molar-refractivity contribution in [1.29, 1.82) is 0 Å². The van der Waals surface area contributed by atoms with Crippen LogP contribution in [-0.4, -0.2) is 96.8 Å². The van der Waals surface area contributed by atoms with Crippen LogP contribution in [0.3, 0.4) is 0 Å². The lowest BCUT2D eigenvalue weighted by Gasteiger charge is -2.45. The summed E-state index contributed by atoms with van der Waals surface area (Å²) < 4.78 is 2.06. The van der Waals surface area contributed by atoms with Crippen molar-refractivity contribution < 1.29 is 18.6 Å². The Kier molecular flexibility index (Phi) is 29.8. The molecule has 0 spiro atoms. The van der Waals surface area contributed by atoms with Crippen LogP contribution in [0.1, 0.15) is 239 Å². The van der Waals surface area contributed by atoms with Gasteiger partial charge < -0.3 is 8.97 Å². The maximum Gasteiger partial charge on any atom is 0.226 e. The van der Waals surface area contributed by atoms with E-state index in [0.717, 1.165) is 74.2 Å². The second kappa shape index (κ2) is 32.8. The Balaban J connectivity index is 2.08. The molecule has 1 unspecified atom stereocenters. The van der Waals surface area contributed by atoms with Crippen molar-refractivity contribution >= 4 is 11.8 Å². The van der Waals surface area contributed by atoms with Crippen LogP contribution in [0.25, 0.3) is 0 Å². The molecule has 324 valence electrons. The average Bonchev–Trinajstić information content (AvgIpc) is 3.78. The van der Waals surface area contributed by atoms with E-state index in [0.29, 0.717) is 11.8 Å². The highest BCUT2D eigenvalue weighted by Gasteiger charge is 2.37. The van der Waals surface area contributed by atoms with Crippen LogP contribution in [0.4, 0.5) is 0 Å². The quantitative estimate of drug-likeness (QED) is 0.0459. The fourth-order valence-electron chi connectivity index (χ4n) is 9.59. The molecule has 6 nitrogen and oxygen atoms in total. The first-order valence-electron chi connectivity index (χ1n) is 25.1. The molecule has 2 aliphatic rings. The molecule has 2 aliphatic heterocycles. The van der Waals surface area contributed by atoms with Crippen LogP contribution in [0, 0.1) is 0 Å². The molecule has 0 aromatic carbocycles. The van der Waals surface area contributed by atoms with Gasteiger partial charge >= 0.3 is 0 Å². The summed E-state index contributed by atoms with van der Waals surface area (Å²) in [6.45, 7) is 16.4. The molecule has 0 saturated carbocycles. The van der Waals surface area contributed by atoms with E-state index in [2.05, 4.69) is 37.6 Å². The van der Waals surface area contributed by atoms with Crippen LogP contribution < -0.4 is 0 Å². The minimum absolute atomic E-state index is 0.367. The van der Waals surface area contributed by atoms with Gasteiger partial charge in [0.1, 0.15) is 13.1 Å². The summed E-state index contributed by atoms with van der Waals surface area (Å²) in [7, 11) is 2.47. The zero-order valence-corrected chi connectivity index (χ0v) is 38.0. The number of hydrogen-bond donors (Lipinski definition) is 0. The Bertz CT molecular complexity index is 903. The Morgan fingerprint density at radius 3 is 1.02 bits per heavy atom. The van der Waals surface area contributed by atoms with Crippen LogP contribution in [0.5, 0.6) is 0 Å². The summed E-state index contributed by atoms with van der Waals surface area (Å²) in [5.41, 5.74) is 0. The Morgan fingerprint density at radius 2 is 0.691 bits per heavy atom. The summed E-state index contributed by atoms with van der Waals surface area (Å²) in [5.74, 6) is 0.755. The van der Waals surface area contributed by atoms with Gasteiger partial charge in [0.25, 0.3) is 0 Å². The van der Waals surface area contributed by atoms with Crippen molar-refractivity contribution in [3.63, 3.8) is 0 Å². The molecular weight excluding hydrogens is 677 g/mol. The largest absolute Gasteiger partial charge is 0.304 e. The van der Waals surface area contributed by atoms with Crippen molar-refractivity contribution in [2.75, 3.05) is 66.2 Å². The van der Waals surface area contributed by atoms with E-state index in [4.69, 9.17) is 0 Å². The van der Waals surface area contributed by atoms with Gasteiger partial charge in [-0.1, -0.05) is 175 Å². The number of quaternary nitrogens is 2. The first-order chi connectivity index (χ1) is 26.9. The van der Waals surface area contributed by atoms with E-state index in [1.807, 2.05) is 0 Å². The van der Waals surface area contributed by atoms with Crippen molar-refractivity contribution in [2.45, 2.75) is 239 Å². The van der Waals surface area contributed by atoms with Crippen LogP contribution in [0.15, 0.2) is 0 Å². The van der Waals surface area contributed by atoms with Crippen LogP contribution in [-0.2, 0) is 9.59 Å². The fraction of sp³-hybridized carbons (Fsp3) is 0.959. The molecule has 2 fully saturated rings. The summed E-state index contributed by atoms with van der Waals surface area (Å²) in [6.07, 6.45) is 44.6. The summed E-state index contributed by atoms with van der Waals surface area (Å²) in [6, 6.07) is 0. The smallest absolute Gasteiger partial charge is 0.226 e. The predicted molar refractivity (Wildman–Crippen MR) is 238 cm³/mol. The predicted octanol–water partition coefficient (Wildman–Crippen LogP) is 13.2. The molecule has 2 saturated heterocycles. The van der Waals surface area contributed by atoms with Crippen LogP contribution >= 0.6 is 0 Å². The van der Waals surface area contributed by atoms with E-state index >= 15 is 0 Å². The average molecular weight is 775 g/mol. The number of nitrogens with zero attached hydrogens (tertiary/aromatic N) is 4. The number of carbonyl (C=O) groups is 2. The van der Waals surface area contributed by atoms with Gasteiger partial charge in [-0.25, -0.2) is 0 Å². The highest BCUT2D eigenvalue weighted by atomic mass is 16.2. The van der Waals surface area contributed by atoms with E-state index in [9.17, 15) is 9.59 Å². The summed E-state index contributed by atoms with van der Waals surface area (Å²) >= 11 is 0. The van der Waals surface area contributed by atoms with Crippen molar-refractivity contribution in [3.8, 4) is 0 Å². The molecule has 0 aliphatic carbocycles. The van der Waals surface area contributed by atoms with E-state index < -0.39 is 0 Å². The lowest BCUT2D eigenvalue weighted by atomic mass is 10.0. The first-order valence-corrected chi connectivity index (χ1v) is 25.1. The van der Waals surface area contributed by atoms with Crippen molar-refractivity contribution in [3.05, 3.63) is 0 Å². The number of rotatable bonds is 40. The standard InChI is InChI=1S/C49H98N4O2/c1-5-8-11-14-17-20-23-26-29-32-41-52(4,46-50-39-35-37-48(50)54)44-45-53(47-51-40-36-38-49(51)55,42-33-30-27-24-21-18-15-12-9-6-2)43-34-31-28-25-22-19-16-13-10-7-3/h5-47H2,1-4H3/q+2. The van der Waals surface area contributed by atoms with Gasteiger partial charge in [0.05, 0.1) is 26.7 Å². The monoisotopic (exact) mass is 775 g/mol. The minimum Gasteiger partial charge on any atom is -0.304 e. The van der Waals surface area contributed by atoms with Crippen molar-refractivity contribution in [2.24, 2.45) is 0 Å². The summed E-state index contributed by atoms with van der Waals surface area (Å²) in [5, 5.41) is 0.